The van der Waals surface area contributed by atoms with Crippen LogP contribution in [0.4, 0.5) is 5.82 Å². The SMILES string of the molecule is O=C(CNC(=O)c1ccccc1)NCCNc1ccc(-n2cccn2)nn1. The average molecular weight is 365 g/mol. The van der Waals surface area contributed by atoms with E-state index in [0.717, 1.165) is 0 Å². The van der Waals surface area contributed by atoms with Gasteiger partial charge in [0.2, 0.25) is 5.91 Å². The molecule has 1 aromatic carbocycles. The van der Waals surface area contributed by atoms with Crippen LogP contribution in [-0.2, 0) is 4.79 Å². The highest BCUT2D eigenvalue weighted by atomic mass is 16.2. The van der Waals surface area contributed by atoms with Crippen molar-refractivity contribution in [2.24, 2.45) is 0 Å². The van der Waals surface area contributed by atoms with E-state index in [4.69, 9.17) is 0 Å². The maximum atomic E-state index is 11.9. The number of aromatic nitrogens is 4. The number of carbonyl (C=O) groups excluding carboxylic acids is 2. The lowest BCUT2D eigenvalue weighted by Crippen LogP contribution is -2.38. The van der Waals surface area contributed by atoms with Gasteiger partial charge in [-0.25, -0.2) is 4.68 Å². The molecule has 0 saturated carbocycles. The van der Waals surface area contributed by atoms with E-state index in [0.29, 0.717) is 30.3 Å². The summed E-state index contributed by atoms with van der Waals surface area (Å²) in [5, 5.41) is 20.5. The zero-order valence-corrected chi connectivity index (χ0v) is 14.5. The molecule has 3 aromatic rings. The van der Waals surface area contributed by atoms with Gasteiger partial charge < -0.3 is 16.0 Å². The number of hydrogen-bond acceptors (Lipinski definition) is 6. The van der Waals surface area contributed by atoms with Gasteiger partial charge in [-0.2, -0.15) is 5.10 Å². The lowest BCUT2D eigenvalue weighted by Gasteiger charge is -2.08. The maximum absolute atomic E-state index is 11.9. The molecule has 0 spiro atoms. The van der Waals surface area contributed by atoms with Crippen molar-refractivity contribution in [1.82, 2.24) is 30.6 Å². The Hall–Kier alpha value is -3.75. The molecule has 3 N–H and O–H groups in total. The van der Waals surface area contributed by atoms with Gasteiger partial charge >= 0.3 is 0 Å². The normalized spacial score (nSPS) is 10.2. The predicted octanol–water partition coefficient (Wildman–Crippen LogP) is 0.620. The van der Waals surface area contributed by atoms with E-state index < -0.39 is 0 Å². The summed E-state index contributed by atoms with van der Waals surface area (Å²) >= 11 is 0. The van der Waals surface area contributed by atoms with Crippen molar-refractivity contribution >= 4 is 17.6 Å². The van der Waals surface area contributed by atoms with Crippen LogP contribution in [0, 0.1) is 0 Å². The zero-order valence-electron chi connectivity index (χ0n) is 14.5. The predicted molar refractivity (Wildman–Crippen MR) is 99.4 cm³/mol. The minimum atomic E-state index is -0.281. The molecule has 0 aliphatic heterocycles. The first kappa shape index (κ1) is 18.1. The Morgan fingerprint density at radius 2 is 1.78 bits per heavy atom. The van der Waals surface area contributed by atoms with Gasteiger partial charge in [-0.3, -0.25) is 9.59 Å². The smallest absolute Gasteiger partial charge is 0.251 e. The molecule has 0 unspecified atom stereocenters. The van der Waals surface area contributed by atoms with Gasteiger partial charge in [0.05, 0.1) is 6.54 Å². The van der Waals surface area contributed by atoms with Gasteiger partial charge in [-0.1, -0.05) is 18.2 Å². The third kappa shape index (κ3) is 5.36. The number of anilines is 1. The average Bonchev–Trinajstić information content (AvgIpc) is 3.25. The van der Waals surface area contributed by atoms with Crippen LogP contribution in [0.25, 0.3) is 5.82 Å². The molecule has 0 aliphatic rings. The first-order chi connectivity index (χ1) is 13.2. The Morgan fingerprint density at radius 3 is 2.48 bits per heavy atom. The number of amides is 2. The number of rotatable bonds is 8. The number of benzene rings is 1. The molecular weight excluding hydrogens is 346 g/mol. The van der Waals surface area contributed by atoms with E-state index >= 15 is 0 Å². The molecule has 138 valence electrons. The van der Waals surface area contributed by atoms with Crippen molar-refractivity contribution in [2.45, 2.75) is 0 Å². The molecule has 3 rings (SSSR count). The fourth-order valence-corrected chi connectivity index (χ4v) is 2.25. The Morgan fingerprint density at radius 1 is 0.926 bits per heavy atom. The molecule has 2 heterocycles. The minimum absolute atomic E-state index is 0.0773. The van der Waals surface area contributed by atoms with Crippen molar-refractivity contribution in [3.05, 3.63) is 66.5 Å². The van der Waals surface area contributed by atoms with Crippen molar-refractivity contribution in [2.75, 3.05) is 25.0 Å². The number of nitrogens with zero attached hydrogens (tertiary/aromatic N) is 4. The van der Waals surface area contributed by atoms with Crippen LogP contribution in [0.3, 0.4) is 0 Å². The third-order valence-corrected chi connectivity index (χ3v) is 3.59. The Bertz CT molecular complexity index is 864. The molecule has 0 saturated heterocycles. The summed E-state index contributed by atoms with van der Waals surface area (Å²) in [6.07, 6.45) is 3.45. The van der Waals surface area contributed by atoms with Crippen LogP contribution in [0.5, 0.6) is 0 Å². The van der Waals surface area contributed by atoms with Gasteiger partial charge in [0.15, 0.2) is 5.82 Å². The summed E-state index contributed by atoms with van der Waals surface area (Å²) in [6.45, 7) is 0.795. The number of hydrogen-bond donors (Lipinski definition) is 3. The fourth-order valence-electron chi connectivity index (χ4n) is 2.25. The first-order valence-electron chi connectivity index (χ1n) is 8.40. The fraction of sp³-hybridized carbons (Fsp3) is 0.167. The second kappa shape index (κ2) is 9.09. The topological polar surface area (TPSA) is 114 Å². The standard InChI is InChI=1S/C18H19N7O2/c26-17(13-21-18(27)14-5-2-1-3-6-14)20-11-10-19-15-7-8-16(24-23-15)25-12-4-9-22-25/h1-9,12H,10-11,13H2,(H,19,23)(H,20,26)(H,21,27). The van der Waals surface area contributed by atoms with E-state index in [1.54, 1.807) is 59.5 Å². The monoisotopic (exact) mass is 365 g/mol. The molecule has 0 bridgehead atoms. The van der Waals surface area contributed by atoms with Crippen molar-refractivity contribution in [3.63, 3.8) is 0 Å². The Labute approximate surface area is 155 Å². The highest BCUT2D eigenvalue weighted by Gasteiger charge is 2.07. The van der Waals surface area contributed by atoms with E-state index in [-0.39, 0.29) is 18.4 Å². The van der Waals surface area contributed by atoms with Crippen molar-refractivity contribution < 1.29 is 9.59 Å². The molecule has 9 nitrogen and oxygen atoms in total. The van der Waals surface area contributed by atoms with Crippen molar-refractivity contribution in [3.8, 4) is 5.82 Å². The zero-order chi connectivity index (χ0) is 18.9. The first-order valence-corrected chi connectivity index (χ1v) is 8.40. The highest BCUT2D eigenvalue weighted by molar-refractivity contribution is 5.96. The van der Waals surface area contributed by atoms with Gasteiger partial charge in [-0.15, -0.1) is 10.2 Å². The largest absolute Gasteiger partial charge is 0.367 e. The quantitative estimate of drug-likeness (QED) is 0.504. The van der Waals surface area contributed by atoms with Crippen LogP contribution < -0.4 is 16.0 Å². The maximum Gasteiger partial charge on any atom is 0.251 e. The van der Waals surface area contributed by atoms with Gasteiger partial charge in [-0.05, 0) is 30.3 Å². The molecule has 9 heteroatoms. The Balaban J connectivity index is 1.34. The minimum Gasteiger partial charge on any atom is -0.367 e. The van der Waals surface area contributed by atoms with E-state index in [1.165, 1.54) is 0 Å². The molecule has 2 aromatic heterocycles. The summed E-state index contributed by atoms with van der Waals surface area (Å²) in [5.74, 6) is 0.670. The van der Waals surface area contributed by atoms with Gasteiger partial charge in [0.1, 0.15) is 5.82 Å². The summed E-state index contributed by atoms with van der Waals surface area (Å²) in [5.41, 5.74) is 0.518. The van der Waals surface area contributed by atoms with Crippen LogP contribution in [0.2, 0.25) is 0 Å². The number of nitrogens with one attached hydrogen (secondary N) is 3. The van der Waals surface area contributed by atoms with E-state index in [1.807, 2.05) is 6.07 Å². The molecular formula is C18H19N7O2. The molecule has 0 radical (unpaired) electrons. The lowest BCUT2D eigenvalue weighted by atomic mass is 10.2. The summed E-state index contributed by atoms with van der Waals surface area (Å²) < 4.78 is 1.61. The molecule has 2 amide bonds. The third-order valence-electron chi connectivity index (χ3n) is 3.59. The lowest BCUT2D eigenvalue weighted by molar-refractivity contribution is -0.120. The van der Waals surface area contributed by atoms with E-state index in [2.05, 4.69) is 31.2 Å². The second-order valence-corrected chi connectivity index (χ2v) is 5.55. The van der Waals surface area contributed by atoms with Gasteiger partial charge in [0.25, 0.3) is 5.91 Å². The summed E-state index contributed by atoms with van der Waals surface area (Å²) in [4.78, 5) is 23.6. The molecule has 27 heavy (non-hydrogen) atoms. The molecule has 0 aliphatic carbocycles. The molecule has 0 atom stereocenters. The summed E-state index contributed by atoms with van der Waals surface area (Å²) in [6, 6.07) is 14.1. The van der Waals surface area contributed by atoms with Crippen LogP contribution in [-0.4, -0.2) is 51.4 Å². The summed E-state index contributed by atoms with van der Waals surface area (Å²) in [7, 11) is 0. The van der Waals surface area contributed by atoms with Gasteiger partial charge in [0, 0.05) is 31.0 Å². The molecule has 0 fully saturated rings. The second-order valence-electron chi connectivity index (χ2n) is 5.55. The highest BCUT2D eigenvalue weighted by Crippen LogP contribution is 2.04. The van der Waals surface area contributed by atoms with Crippen molar-refractivity contribution in [1.29, 1.82) is 0 Å². The number of carbonyl (C=O) groups is 2. The van der Waals surface area contributed by atoms with E-state index in [9.17, 15) is 9.59 Å². The van der Waals surface area contributed by atoms with Crippen LogP contribution in [0.1, 0.15) is 10.4 Å². The Kier molecular flexibility index (Phi) is 6.08. The van der Waals surface area contributed by atoms with Crippen LogP contribution in [0.15, 0.2) is 60.9 Å². The van der Waals surface area contributed by atoms with Crippen LogP contribution >= 0.6 is 0 Å².